The van der Waals surface area contributed by atoms with Gasteiger partial charge in [-0.2, -0.15) is 5.26 Å². The van der Waals surface area contributed by atoms with Crippen molar-refractivity contribution in [3.8, 4) is 17.3 Å². The van der Waals surface area contributed by atoms with Crippen LogP contribution in [0.4, 0.5) is 11.6 Å². The summed E-state index contributed by atoms with van der Waals surface area (Å²) in [4.78, 5) is 31.9. The van der Waals surface area contributed by atoms with E-state index in [9.17, 15) is 14.9 Å². The first kappa shape index (κ1) is 22.6. The normalized spacial score (nSPS) is 17.3. The van der Waals surface area contributed by atoms with E-state index in [0.717, 1.165) is 11.3 Å². The van der Waals surface area contributed by atoms with E-state index in [4.69, 9.17) is 23.2 Å². The van der Waals surface area contributed by atoms with Gasteiger partial charge in [-0.1, -0.05) is 35.9 Å². The van der Waals surface area contributed by atoms with E-state index in [1.165, 1.54) is 16.6 Å². The Balaban J connectivity index is 1.72. The third kappa shape index (κ3) is 4.01. The standard InChI is InChI=1S/C23H20Cl2N6O2/c1-29(2)16-10-6-14(7-11-16)20-18(25)22(33)31(20)28-23-27-19(13-4-8-15(24)9-5-13)17(12-26)21(32)30(23)3/h4-11,18,20H,1-3H3,(H,27,28). The molecule has 1 aliphatic rings. The molecule has 1 aromatic heterocycles. The molecule has 0 bridgehead atoms. The van der Waals surface area contributed by atoms with E-state index in [1.54, 1.807) is 24.3 Å². The van der Waals surface area contributed by atoms with Crippen molar-refractivity contribution in [2.75, 3.05) is 24.4 Å². The van der Waals surface area contributed by atoms with Crippen LogP contribution >= 0.6 is 23.2 Å². The number of hydrogen-bond donors (Lipinski definition) is 1. The molecule has 1 amide bonds. The second-order valence-electron chi connectivity index (χ2n) is 7.79. The summed E-state index contributed by atoms with van der Waals surface area (Å²) in [6.07, 6.45) is 0. The highest BCUT2D eigenvalue weighted by molar-refractivity contribution is 6.33. The zero-order valence-corrected chi connectivity index (χ0v) is 19.6. The Hall–Kier alpha value is -3.54. The molecule has 33 heavy (non-hydrogen) atoms. The Kier molecular flexibility index (Phi) is 6.02. The first-order chi connectivity index (χ1) is 15.7. The van der Waals surface area contributed by atoms with Crippen molar-refractivity contribution >= 4 is 40.7 Å². The molecule has 10 heteroatoms. The minimum absolute atomic E-state index is 0.105. The number of aromatic nitrogens is 2. The van der Waals surface area contributed by atoms with E-state index in [-0.39, 0.29) is 23.1 Å². The molecule has 168 valence electrons. The lowest BCUT2D eigenvalue weighted by Gasteiger charge is -2.44. The fraction of sp³-hybridized carbons (Fsp3) is 0.217. The number of halogens is 2. The number of anilines is 2. The molecule has 2 unspecified atom stereocenters. The number of carbonyl (C=O) groups excluding carboxylic acids is 1. The van der Waals surface area contributed by atoms with Gasteiger partial charge < -0.3 is 4.90 Å². The summed E-state index contributed by atoms with van der Waals surface area (Å²) in [7, 11) is 5.36. The minimum Gasteiger partial charge on any atom is -0.378 e. The van der Waals surface area contributed by atoms with Crippen molar-refractivity contribution in [2.24, 2.45) is 7.05 Å². The number of hydrogen-bond acceptors (Lipinski definition) is 6. The van der Waals surface area contributed by atoms with Crippen molar-refractivity contribution < 1.29 is 4.79 Å². The second-order valence-corrected chi connectivity index (χ2v) is 8.70. The third-order valence-electron chi connectivity index (χ3n) is 5.52. The van der Waals surface area contributed by atoms with Gasteiger partial charge in [0.2, 0.25) is 5.95 Å². The number of alkyl halides is 1. The number of hydrazine groups is 1. The Morgan fingerprint density at radius 1 is 1.09 bits per heavy atom. The van der Waals surface area contributed by atoms with E-state index in [1.807, 2.05) is 49.3 Å². The maximum absolute atomic E-state index is 12.9. The SMILES string of the molecule is CN(C)c1ccc(C2C(Cl)C(=O)N2Nc2nc(-c3ccc(Cl)cc3)c(C#N)c(=O)n2C)cc1. The summed E-state index contributed by atoms with van der Waals surface area (Å²) in [5.74, 6) is -0.235. The topological polar surface area (TPSA) is 94.3 Å². The molecule has 0 saturated carbocycles. The Labute approximate surface area is 200 Å². The molecule has 2 atom stereocenters. The summed E-state index contributed by atoms with van der Waals surface area (Å²) >= 11 is 12.3. The fourth-order valence-electron chi connectivity index (χ4n) is 3.59. The zero-order chi connectivity index (χ0) is 23.9. The van der Waals surface area contributed by atoms with Gasteiger partial charge in [0.1, 0.15) is 23.1 Å². The number of rotatable bonds is 5. The van der Waals surface area contributed by atoms with Gasteiger partial charge >= 0.3 is 0 Å². The molecule has 1 N–H and O–H groups in total. The fourth-order valence-corrected chi connectivity index (χ4v) is 4.08. The quantitative estimate of drug-likeness (QED) is 0.441. The second kappa shape index (κ2) is 8.77. The average Bonchev–Trinajstić information content (AvgIpc) is 2.81. The van der Waals surface area contributed by atoms with Crippen molar-refractivity contribution in [2.45, 2.75) is 11.4 Å². The Bertz CT molecular complexity index is 1310. The molecular formula is C23H20Cl2N6O2. The van der Waals surface area contributed by atoms with Crippen molar-refractivity contribution in [3.63, 3.8) is 0 Å². The molecule has 2 aromatic carbocycles. The molecule has 0 radical (unpaired) electrons. The van der Waals surface area contributed by atoms with Crippen LogP contribution in [0, 0.1) is 11.3 Å². The van der Waals surface area contributed by atoms with Gasteiger partial charge in [-0.05, 0) is 29.8 Å². The van der Waals surface area contributed by atoms with E-state index < -0.39 is 17.0 Å². The number of β-lactam (4-membered cyclic amide) rings is 1. The molecule has 3 aromatic rings. The molecule has 4 rings (SSSR count). The molecule has 8 nitrogen and oxygen atoms in total. The lowest BCUT2D eigenvalue weighted by molar-refractivity contribution is -0.143. The predicted molar refractivity (Wildman–Crippen MR) is 128 cm³/mol. The summed E-state index contributed by atoms with van der Waals surface area (Å²) in [6.45, 7) is 0. The summed E-state index contributed by atoms with van der Waals surface area (Å²) in [5.41, 5.74) is 4.89. The van der Waals surface area contributed by atoms with Crippen LogP contribution in [-0.4, -0.2) is 39.9 Å². The van der Waals surface area contributed by atoms with Crippen LogP contribution in [0.2, 0.25) is 5.02 Å². The first-order valence-corrected chi connectivity index (χ1v) is 10.8. The molecule has 1 aliphatic heterocycles. The molecule has 0 aliphatic carbocycles. The molecule has 2 heterocycles. The summed E-state index contributed by atoms with van der Waals surface area (Å²) < 4.78 is 1.19. The third-order valence-corrected chi connectivity index (χ3v) is 6.20. The lowest BCUT2D eigenvalue weighted by Crippen LogP contribution is -2.59. The first-order valence-electron chi connectivity index (χ1n) is 10.0. The Morgan fingerprint density at radius 3 is 2.30 bits per heavy atom. The van der Waals surface area contributed by atoms with Gasteiger partial charge in [-0.15, -0.1) is 11.6 Å². The maximum atomic E-state index is 12.9. The molecule has 1 saturated heterocycles. The average molecular weight is 483 g/mol. The smallest absolute Gasteiger partial charge is 0.273 e. The number of nitrogens with zero attached hydrogens (tertiary/aromatic N) is 5. The van der Waals surface area contributed by atoms with E-state index >= 15 is 0 Å². The molecule has 1 fully saturated rings. The predicted octanol–water partition coefficient (Wildman–Crippen LogP) is 3.56. The number of carbonyl (C=O) groups is 1. The highest BCUT2D eigenvalue weighted by Gasteiger charge is 2.48. The summed E-state index contributed by atoms with van der Waals surface area (Å²) in [6, 6.07) is 15.8. The van der Waals surface area contributed by atoms with Gasteiger partial charge in [0.05, 0.1) is 5.69 Å². The number of benzene rings is 2. The van der Waals surface area contributed by atoms with Gasteiger partial charge in [0.15, 0.2) is 0 Å². The number of amides is 1. The number of nitrogens with one attached hydrogen (secondary N) is 1. The van der Waals surface area contributed by atoms with Crippen LogP contribution in [-0.2, 0) is 11.8 Å². The van der Waals surface area contributed by atoms with Crippen molar-refractivity contribution in [1.82, 2.24) is 14.6 Å². The molecule has 0 spiro atoms. The summed E-state index contributed by atoms with van der Waals surface area (Å²) in [5, 5.41) is 10.7. The highest BCUT2D eigenvalue weighted by Crippen LogP contribution is 2.39. The number of nitriles is 1. The maximum Gasteiger partial charge on any atom is 0.273 e. The zero-order valence-electron chi connectivity index (χ0n) is 18.1. The van der Waals surface area contributed by atoms with Crippen molar-refractivity contribution in [3.05, 3.63) is 75.0 Å². The van der Waals surface area contributed by atoms with E-state index in [2.05, 4.69) is 10.4 Å². The molecular weight excluding hydrogens is 463 g/mol. The minimum atomic E-state index is -0.756. The van der Waals surface area contributed by atoms with Gasteiger partial charge in [0.25, 0.3) is 11.5 Å². The van der Waals surface area contributed by atoms with Gasteiger partial charge in [-0.3, -0.25) is 19.6 Å². The van der Waals surface area contributed by atoms with Crippen LogP contribution in [0.15, 0.2) is 53.3 Å². The highest BCUT2D eigenvalue weighted by atomic mass is 35.5. The van der Waals surface area contributed by atoms with Crippen LogP contribution in [0.1, 0.15) is 17.2 Å². The van der Waals surface area contributed by atoms with Crippen LogP contribution < -0.4 is 15.9 Å². The Morgan fingerprint density at radius 2 is 1.73 bits per heavy atom. The van der Waals surface area contributed by atoms with E-state index in [0.29, 0.717) is 10.6 Å². The largest absolute Gasteiger partial charge is 0.378 e. The lowest BCUT2D eigenvalue weighted by atomic mass is 9.95. The van der Waals surface area contributed by atoms with Crippen LogP contribution in [0.5, 0.6) is 0 Å². The van der Waals surface area contributed by atoms with Crippen molar-refractivity contribution in [1.29, 1.82) is 5.26 Å². The van der Waals surface area contributed by atoms with Crippen LogP contribution in [0.3, 0.4) is 0 Å². The monoisotopic (exact) mass is 482 g/mol. The van der Waals surface area contributed by atoms with Gasteiger partial charge in [-0.25, -0.2) is 9.99 Å². The van der Waals surface area contributed by atoms with Gasteiger partial charge in [0, 0.05) is 37.4 Å². The van der Waals surface area contributed by atoms with Crippen LogP contribution in [0.25, 0.3) is 11.3 Å².